The van der Waals surface area contributed by atoms with Gasteiger partial charge >= 0.3 is 0 Å². The Bertz CT molecular complexity index is 967. The van der Waals surface area contributed by atoms with Crippen molar-refractivity contribution in [2.75, 3.05) is 24.6 Å². The number of rotatable bonds is 6. The Hall–Kier alpha value is -2.64. The van der Waals surface area contributed by atoms with Crippen molar-refractivity contribution in [2.24, 2.45) is 5.92 Å². The first kappa shape index (κ1) is 20.6. The summed E-state index contributed by atoms with van der Waals surface area (Å²) in [4.78, 5) is 31.2. The van der Waals surface area contributed by atoms with Crippen molar-refractivity contribution in [3.63, 3.8) is 0 Å². The maximum atomic E-state index is 13.6. The second kappa shape index (κ2) is 8.62. The summed E-state index contributed by atoms with van der Waals surface area (Å²) in [5, 5.41) is 11.6. The van der Waals surface area contributed by atoms with Gasteiger partial charge in [-0.3, -0.25) is 9.59 Å². The number of thiophene rings is 1. The van der Waals surface area contributed by atoms with Gasteiger partial charge in [0, 0.05) is 24.6 Å². The lowest BCUT2D eigenvalue weighted by Gasteiger charge is -2.34. The minimum atomic E-state index is -0.332. The molecule has 3 heterocycles. The van der Waals surface area contributed by atoms with Gasteiger partial charge in [-0.25, -0.2) is 4.90 Å². The Labute approximate surface area is 180 Å². The van der Waals surface area contributed by atoms with E-state index in [0.717, 1.165) is 17.7 Å². The van der Waals surface area contributed by atoms with E-state index >= 15 is 0 Å². The van der Waals surface area contributed by atoms with Gasteiger partial charge in [-0.2, -0.15) is 0 Å². The molecule has 1 atom stereocenters. The average Bonchev–Trinajstić information content (AvgIpc) is 3.34. The number of aliphatic hydroxyl groups is 1. The zero-order chi connectivity index (χ0) is 21.3. The fourth-order valence-corrected chi connectivity index (χ4v) is 4.85. The lowest BCUT2D eigenvalue weighted by atomic mass is 9.98. The molecule has 158 valence electrons. The molecule has 2 aromatic rings. The number of hydrogen-bond donors (Lipinski definition) is 1. The van der Waals surface area contributed by atoms with Crippen molar-refractivity contribution in [1.29, 1.82) is 0 Å². The topological polar surface area (TPSA) is 70.1 Å². The number of anilines is 1. The number of amides is 2. The lowest BCUT2D eigenvalue weighted by molar-refractivity contribution is -0.120. The molecule has 0 spiro atoms. The summed E-state index contributed by atoms with van der Waals surface area (Å²) in [6.07, 6.45) is 1.71. The summed E-state index contributed by atoms with van der Waals surface area (Å²) in [6, 6.07) is 10.9. The van der Waals surface area contributed by atoms with Gasteiger partial charge in [0.1, 0.15) is 11.4 Å². The minimum absolute atomic E-state index is 0.0784. The number of carbonyl (C=O) groups excluding carboxylic acids is 2. The number of benzene rings is 1. The first-order valence-corrected chi connectivity index (χ1v) is 11.2. The third kappa shape index (κ3) is 3.75. The number of hydrogen-bond acceptors (Lipinski definition) is 6. The second-order valence-corrected chi connectivity index (χ2v) is 8.87. The van der Waals surface area contributed by atoms with Crippen molar-refractivity contribution in [2.45, 2.75) is 32.8 Å². The SMILES string of the molecule is CC(C)Oc1ccccc1N1C(=O)C(c2cccs2)=C(N2CCCC(CO)C2)C1=O. The molecule has 7 heteroatoms. The number of imide groups is 1. The number of ether oxygens (including phenoxy) is 1. The van der Waals surface area contributed by atoms with Gasteiger partial charge in [-0.15, -0.1) is 11.3 Å². The normalized spacial score (nSPS) is 19.9. The molecular formula is C23H26N2O4S. The van der Waals surface area contributed by atoms with Crippen LogP contribution in [0.4, 0.5) is 5.69 Å². The number of para-hydroxylation sites is 2. The minimum Gasteiger partial charge on any atom is -0.489 e. The van der Waals surface area contributed by atoms with E-state index in [1.807, 2.05) is 42.3 Å². The van der Waals surface area contributed by atoms with Crippen molar-refractivity contribution >= 4 is 34.4 Å². The molecule has 0 aliphatic carbocycles. The Morgan fingerprint density at radius 1 is 1.17 bits per heavy atom. The number of nitrogens with zero attached hydrogens (tertiary/aromatic N) is 2. The van der Waals surface area contributed by atoms with Gasteiger partial charge in [0.2, 0.25) is 0 Å². The molecule has 2 aliphatic heterocycles. The molecule has 1 aromatic carbocycles. The molecule has 1 fully saturated rings. The highest BCUT2D eigenvalue weighted by atomic mass is 32.1. The highest BCUT2D eigenvalue weighted by Crippen LogP contribution is 2.40. The van der Waals surface area contributed by atoms with E-state index in [4.69, 9.17) is 4.74 Å². The summed E-state index contributed by atoms with van der Waals surface area (Å²) < 4.78 is 5.89. The standard InChI is InChI=1S/C23H26N2O4S/c1-15(2)29-18-9-4-3-8-17(18)25-22(27)20(19-10-6-12-30-19)21(23(25)28)24-11-5-7-16(13-24)14-26/h3-4,6,8-10,12,15-16,26H,5,7,11,13-14H2,1-2H3. The first-order chi connectivity index (χ1) is 14.5. The van der Waals surface area contributed by atoms with Crippen molar-refractivity contribution in [3.05, 3.63) is 52.4 Å². The number of aliphatic hydroxyl groups excluding tert-OH is 1. The third-order valence-electron chi connectivity index (χ3n) is 5.39. The van der Waals surface area contributed by atoms with Crippen molar-refractivity contribution in [3.8, 4) is 5.75 Å². The molecule has 2 amide bonds. The quantitative estimate of drug-likeness (QED) is 0.716. The van der Waals surface area contributed by atoms with E-state index in [1.165, 1.54) is 16.2 Å². The van der Waals surface area contributed by atoms with Crippen LogP contribution < -0.4 is 9.64 Å². The molecule has 0 saturated carbocycles. The van der Waals surface area contributed by atoms with Crippen molar-refractivity contribution in [1.82, 2.24) is 4.90 Å². The van der Waals surface area contributed by atoms with Crippen LogP contribution in [0.2, 0.25) is 0 Å². The Balaban J connectivity index is 1.78. The number of likely N-dealkylation sites (tertiary alicyclic amines) is 1. The third-order valence-corrected chi connectivity index (χ3v) is 6.28. The number of piperidine rings is 1. The van der Waals surface area contributed by atoms with Crippen LogP contribution in [0.1, 0.15) is 31.6 Å². The molecule has 1 aromatic heterocycles. The largest absolute Gasteiger partial charge is 0.489 e. The van der Waals surface area contributed by atoms with Gasteiger partial charge < -0.3 is 14.7 Å². The highest BCUT2D eigenvalue weighted by Gasteiger charge is 2.44. The molecule has 1 saturated heterocycles. The predicted molar refractivity (Wildman–Crippen MR) is 117 cm³/mol. The van der Waals surface area contributed by atoms with Gasteiger partial charge in [0.15, 0.2) is 0 Å². The summed E-state index contributed by atoms with van der Waals surface area (Å²) in [7, 11) is 0. The Morgan fingerprint density at radius 3 is 2.67 bits per heavy atom. The zero-order valence-corrected chi connectivity index (χ0v) is 18.0. The van der Waals surface area contributed by atoms with Crippen LogP contribution in [-0.4, -0.2) is 47.6 Å². The molecule has 1 unspecified atom stereocenters. The van der Waals surface area contributed by atoms with E-state index in [1.54, 1.807) is 18.2 Å². The summed E-state index contributed by atoms with van der Waals surface area (Å²) in [5.41, 5.74) is 1.33. The predicted octanol–water partition coefficient (Wildman–Crippen LogP) is 3.52. The van der Waals surface area contributed by atoms with Gasteiger partial charge in [-0.05, 0) is 56.2 Å². The Kier molecular flexibility index (Phi) is 5.92. The molecule has 2 aliphatic rings. The lowest BCUT2D eigenvalue weighted by Crippen LogP contribution is -2.40. The maximum Gasteiger partial charge on any atom is 0.282 e. The fraction of sp³-hybridized carbons (Fsp3) is 0.391. The maximum absolute atomic E-state index is 13.6. The Morgan fingerprint density at radius 2 is 1.97 bits per heavy atom. The van der Waals surface area contributed by atoms with E-state index < -0.39 is 0 Å². The average molecular weight is 427 g/mol. The first-order valence-electron chi connectivity index (χ1n) is 10.3. The van der Waals surface area contributed by atoms with Gasteiger partial charge in [-0.1, -0.05) is 18.2 Å². The van der Waals surface area contributed by atoms with E-state index in [-0.39, 0.29) is 30.4 Å². The van der Waals surface area contributed by atoms with E-state index in [2.05, 4.69) is 0 Å². The van der Waals surface area contributed by atoms with E-state index in [9.17, 15) is 14.7 Å². The second-order valence-electron chi connectivity index (χ2n) is 7.92. The molecule has 0 radical (unpaired) electrons. The molecular weight excluding hydrogens is 400 g/mol. The molecule has 1 N–H and O–H groups in total. The fourth-order valence-electron chi connectivity index (χ4n) is 4.09. The molecule has 6 nitrogen and oxygen atoms in total. The van der Waals surface area contributed by atoms with Gasteiger partial charge in [0.25, 0.3) is 11.8 Å². The summed E-state index contributed by atoms with van der Waals surface area (Å²) in [5.74, 6) is -0.0534. The van der Waals surface area contributed by atoms with Crippen LogP contribution in [0.3, 0.4) is 0 Å². The highest BCUT2D eigenvalue weighted by molar-refractivity contribution is 7.11. The smallest absolute Gasteiger partial charge is 0.282 e. The van der Waals surface area contributed by atoms with Crippen LogP contribution >= 0.6 is 11.3 Å². The van der Waals surface area contributed by atoms with E-state index in [0.29, 0.717) is 35.8 Å². The van der Waals surface area contributed by atoms with Crippen LogP contribution in [-0.2, 0) is 9.59 Å². The summed E-state index contributed by atoms with van der Waals surface area (Å²) >= 11 is 1.45. The molecule has 4 rings (SSSR count). The van der Waals surface area contributed by atoms with Gasteiger partial charge in [0.05, 0.1) is 17.4 Å². The number of carbonyl (C=O) groups is 2. The monoisotopic (exact) mass is 426 g/mol. The zero-order valence-electron chi connectivity index (χ0n) is 17.2. The van der Waals surface area contributed by atoms with Crippen LogP contribution in [0, 0.1) is 5.92 Å². The van der Waals surface area contributed by atoms with Crippen molar-refractivity contribution < 1.29 is 19.4 Å². The summed E-state index contributed by atoms with van der Waals surface area (Å²) in [6.45, 7) is 5.16. The molecule has 0 bridgehead atoms. The van der Waals surface area contributed by atoms with Crippen LogP contribution in [0.15, 0.2) is 47.5 Å². The van der Waals surface area contributed by atoms with Crippen LogP contribution in [0.5, 0.6) is 5.75 Å². The van der Waals surface area contributed by atoms with Crippen LogP contribution in [0.25, 0.3) is 5.57 Å². The molecule has 30 heavy (non-hydrogen) atoms.